The van der Waals surface area contributed by atoms with Gasteiger partial charge in [0.05, 0.1) is 0 Å². The van der Waals surface area contributed by atoms with E-state index in [1.165, 1.54) is 11.3 Å². The Morgan fingerprint density at radius 1 is 1.25 bits per heavy atom. The molecule has 26 valence electrons. The molecule has 0 unspecified atom stereocenters. The van der Waals surface area contributed by atoms with Crippen LogP contribution >= 0.6 is 28.2 Å². The zero-order valence-corrected chi connectivity index (χ0v) is 12.5. The largest absolute Gasteiger partial charge is 0 e. The quantitative estimate of drug-likeness (QED) is 0.575. The van der Waals surface area contributed by atoms with E-state index in [0.717, 1.165) is 0 Å². The Kier molecular flexibility index (Phi) is 25.5. The van der Waals surface area contributed by atoms with Crippen molar-refractivity contribution in [1.82, 2.24) is 0 Å². The van der Waals surface area contributed by atoms with Crippen molar-refractivity contribution >= 4 is 97.1 Å². The predicted octanol–water partition coefficient (Wildman–Crippen LogP) is 1.31. The molecule has 0 aromatic rings. The van der Waals surface area contributed by atoms with Gasteiger partial charge in [0.25, 0.3) is 0 Å². The van der Waals surface area contributed by atoms with Gasteiger partial charge in [-0.25, -0.2) is 0 Å². The Labute approximate surface area is 105 Å². The summed E-state index contributed by atoms with van der Waals surface area (Å²) in [5.74, 6) is 0. The minimum absolute atomic E-state index is 0. The maximum Gasteiger partial charge on any atom is 0 e. The van der Waals surface area contributed by atoms with E-state index in [0.29, 0.717) is 0 Å². The molecular formula is Br2CsCu. The van der Waals surface area contributed by atoms with Crippen LogP contribution in [0.1, 0.15) is 0 Å². The summed E-state index contributed by atoms with van der Waals surface area (Å²) in [4.78, 5) is 0. The molecule has 4 heteroatoms. The first-order chi connectivity index (χ1) is 1.41. The third kappa shape index (κ3) is 9.11. The van der Waals surface area contributed by atoms with Gasteiger partial charge in [-0.3, -0.25) is 0 Å². The van der Waals surface area contributed by atoms with Gasteiger partial charge in [-0.05, 0) is 0 Å². The first-order valence-electron chi connectivity index (χ1n) is 0.228. The monoisotopic (exact) mass is 354 g/mol. The molecular weight excluding hydrogens is 356 g/mol. The van der Waals surface area contributed by atoms with Crippen molar-refractivity contribution in [2.45, 2.75) is 0 Å². The molecule has 0 aliphatic rings. The molecule has 0 heterocycles. The summed E-state index contributed by atoms with van der Waals surface area (Å²) >= 11 is 7.38. The predicted molar refractivity (Wildman–Crippen MR) is 23.6 cm³/mol. The fourth-order valence-electron chi connectivity index (χ4n) is 0. The molecule has 0 rings (SSSR count). The first-order valence-corrected chi connectivity index (χ1v) is 4.88. The number of hydrogen-bond donors (Lipinski definition) is 0. The summed E-state index contributed by atoms with van der Waals surface area (Å²) in [6, 6.07) is 0. The van der Waals surface area contributed by atoms with Gasteiger partial charge in [-0.15, -0.1) is 0 Å². The molecule has 0 aliphatic carbocycles. The van der Waals surface area contributed by atoms with Crippen LogP contribution in [-0.4, -0.2) is 68.9 Å². The molecule has 0 spiro atoms. The van der Waals surface area contributed by atoms with Crippen LogP contribution in [0.2, 0.25) is 0 Å². The van der Waals surface area contributed by atoms with Crippen molar-refractivity contribution in [3.63, 3.8) is 0 Å². The van der Waals surface area contributed by atoms with E-state index < -0.39 is 0 Å². The van der Waals surface area contributed by atoms with E-state index in [1.54, 1.807) is 0 Å². The van der Waals surface area contributed by atoms with Crippen molar-refractivity contribution < 1.29 is 11.3 Å². The second-order valence-electron chi connectivity index (χ2n) is 0.0431. The van der Waals surface area contributed by atoms with Gasteiger partial charge < -0.3 is 0 Å². The summed E-state index contributed by atoms with van der Waals surface area (Å²) in [6.07, 6.45) is 0. The minimum Gasteiger partial charge on any atom is 0 e. The maximum absolute atomic E-state index is 2.97. The van der Waals surface area contributed by atoms with Crippen molar-refractivity contribution in [1.29, 1.82) is 0 Å². The Morgan fingerprint density at radius 2 is 1.25 bits per heavy atom. The zero-order chi connectivity index (χ0) is 2.71. The molecule has 0 amide bonds. The fraction of sp³-hybridized carbons (Fsp3) is 0. The molecule has 0 saturated carbocycles. The number of hydrogen-bond acceptors (Lipinski definition) is 0. The third-order valence-corrected chi connectivity index (χ3v) is 0. The van der Waals surface area contributed by atoms with E-state index in [-0.39, 0.29) is 68.9 Å². The summed E-state index contributed by atoms with van der Waals surface area (Å²) in [5.41, 5.74) is 0. The summed E-state index contributed by atoms with van der Waals surface area (Å²) in [7, 11) is 0. The molecule has 0 bridgehead atoms. The van der Waals surface area contributed by atoms with Gasteiger partial charge in [0.1, 0.15) is 0 Å². The van der Waals surface area contributed by atoms with Gasteiger partial charge in [0.2, 0.25) is 0 Å². The minimum atomic E-state index is 0. The first kappa shape index (κ1) is 10.5. The second-order valence-corrected chi connectivity index (χ2v) is 4.80. The number of rotatable bonds is 0. The van der Waals surface area contributed by atoms with Crippen LogP contribution in [-0.2, 0) is 11.3 Å². The van der Waals surface area contributed by atoms with Gasteiger partial charge in [-0.1, -0.05) is 0 Å². The van der Waals surface area contributed by atoms with Gasteiger partial charge in [-0.2, -0.15) is 0 Å². The molecule has 0 nitrogen and oxygen atoms in total. The maximum atomic E-state index is 2.97. The fourth-order valence-corrected chi connectivity index (χ4v) is 0. The smallest absolute Gasteiger partial charge is 0 e. The molecule has 0 N–H and O–H groups in total. The van der Waals surface area contributed by atoms with Crippen LogP contribution in [0.4, 0.5) is 0 Å². The van der Waals surface area contributed by atoms with Crippen LogP contribution in [0.25, 0.3) is 0 Å². The van der Waals surface area contributed by atoms with Crippen molar-refractivity contribution in [3.8, 4) is 0 Å². The molecule has 1 radical (unpaired) electrons. The van der Waals surface area contributed by atoms with Crippen molar-refractivity contribution in [2.24, 2.45) is 0 Å². The van der Waals surface area contributed by atoms with Crippen molar-refractivity contribution in [3.05, 3.63) is 0 Å². The van der Waals surface area contributed by atoms with Crippen LogP contribution in [0.15, 0.2) is 0 Å². The van der Waals surface area contributed by atoms with Crippen LogP contribution in [0.5, 0.6) is 0 Å². The number of halogens is 2. The topological polar surface area (TPSA) is 0 Å². The van der Waals surface area contributed by atoms with Gasteiger partial charge in [0.15, 0.2) is 0 Å². The normalized spacial score (nSPS) is 5.50. The second kappa shape index (κ2) is 9.73. The van der Waals surface area contributed by atoms with E-state index in [1.807, 2.05) is 0 Å². The van der Waals surface area contributed by atoms with Crippen molar-refractivity contribution in [2.75, 3.05) is 0 Å². The van der Waals surface area contributed by atoms with Crippen LogP contribution in [0, 0.1) is 0 Å². The Morgan fingerprint density at radius 3 is 1.25 bits per heavy atom. The van der Waals surface area contributed by atoms with E-state index in [2.05, 4.69) is 28.2 Å². The Hall–Kier alpha value is 3.53. The average Bonchev–Trinajstić information content (AvgIpc) is 0.918. The van der Waals surface area contributed by atoms with E-state index >= 15 is 0 Å². The van der Waals surface area contributed by atoms with Gasteiger partial charge >= 0.3 is 39.6 Å². The van der Waals surface area contributed by atoms with E-state index in [9.17, 15) is 0 Å². The summed E-state index contributed by atoms with van der Waals surface area (Å²) in [5, 5.41) is 0. The van der Waals surface area contributed by atoms with Crippen LogP contribution in [0.3, 0.4) is 0 Å². The standard InChI is InChI=1S/2BrH.Cs.Cu/h2*1H;;/q;;;+2/p-2. The third-order valence-electron chi connectivity index (χ3n) is 0. The molecule has 0 saturated heterocycles. The average molecular weight is 356 g/mol. The Balaban J connectivity index is 0. The molecule has 4 heavy (non-hydrogen) atoms. The SMILES string of the molecule is [Br][Cu][Br].[Cs]. The summed E-state index contributed by atoms with van der Waals surface area (Å²) < 4.78 is 0. The molecule has 0 aromatic carbocycles. The molecule has 0 atom stereocenters. The van der Waals surface area contributed by atoms with E-state index in [4.69, 9.17) is 0 Å². The molecule has 0 aliphatic heterocycles. The molecule has 0 fully saturated rings. The van der Waals surface area contributed by atoms with Crippen LogP contribution < -0.4 is 0 Å². The zero-order valence-electron chi connectivity index (χ0n) is 2.06. The van der Waals surface area contributed by atoms with Gasteiger partial charge in [0, 0.05) is 68.9 Å². The Bertz CT molecular complexity index is 6.00. The summed E-state index contributed by atoms with van der Waals surface area (Å²) in [6.45, 7) is 0. The molecule has 0 aromatic heterocycles.